The smallest absolute Gasteiger partial charge is 0.136 e. The molecule has 2 heteroatoms. The van der Waals surface area contributed by atoms with Crippen LogP contribution in [0.5, 0.6) is 11.5 Å². The minimum atomic E-state index is -0.0526. The molecular weight excluding hydrogens is 597 g/mol. The van der Waals surface area contributed by atoms with E-state index >= 15 is 0 Å². The van der Waals surface area contributed by atoms with Gasteiger partial charge in [0.1, 0.15) is 22.7 Å². The summed E-state index contributed by atoms with van der Waals surface area (Å²) in [5.41, 5.74) is 14.3. The average Bonchev–Trinajstić information content (AvgIpc) is 3.62. The molecule has 9 aromatic rings. The molecule has 1 aliphatic heterocycles. The van der Waals surface area contributed by atoms with Crippen LogP contribution in [0, 0.1) is 0 Å². The average molecular weight is 627 g/mol. The van der Waals surface area contributed by atoms with Crippen molar-refractivity contribution in [1.82, 2.24) is 0 Å². The first-order chi connectivity index (χ1) is 24.0. The standard InChI is InChI=1S/C47H30O2/c1-47(2)38-17-6-5-12-35(38)44-32(16-8-18-39(44)47)31-21-23-42-46-33(31)14-7-15-34(46)36-25-29(20-22-40(36)48-42)30-13-9-19-41-45(30)37-24-27-10-3-4-11-28(27)26-43(37)49-41/h3-26H,1-2H3. The lowest BCUT2D eigenvalue weighted by molar-refractivity contribution is 0.487. The molecule has 0 radical (unpaired) electrons. The maximum absolute atomic E-state index is 6.69. The van der Waals surface area contributed by atoms with Gasteiger partial charge in [0.2, 0.25) is 0 Å². The van der Waals surface area contributed by atoms with Gasteiger partial charge in [0.15, 0.2) is 0 Å². The second kappa shape index (κ2) is 9.49. The summed E-state index contributed by atoms with van der Waals surface area (Å²) in [6.07, 6.45) is 0. The largest absolute Gasteiger partial charge is 0.456 e. The molecule has 1 aliphatic carbocycles. The molecule has 0 saturated heterocycles. The second-order valence-corrected chi connectivity index (χ2v) is 14.0. The van der Waals surface area contributed by atoms with Gasteiger partial charge < -0.3 is 9.15 Å². The van der Waals surface area contributed by atoms with E-state index in [1.165, 1.54) is 55.1 Å². The molecule has 11 rings (SSSR count). The molecule has 0 unspecified atom stereocenters. The van der Waals surface area contributed by atoms with Crippen LogP contribution in [-0.2, 0) is 5.41 Å². The molecule has 230 valence electrons. The summed E-state index contributed by atoms with van der Waals surface area (Å²) < 4.78 is 13.1. The first kappa shape index (κ1) is 26.9. The van der Waals surface area contributed by atoms with E-state index in [1.807, 2.05) is 0 Å². The van der Waals surface area contributed by atoms with Crippen molar-refractivity contribution in [3.63, 3.8) is 0 Å². The first-order valence-corrected chi connectivity index (χ1v) is 17.0. The van der Waals surface area contributed by atoms with E-state index in [4.69, 9.17) is 9.15 Å². The number of hydrogen-bond acceptors (Lipinski definition) is 2. The highest BCUT2D eigenvalue weighted by Gasteiger charge is 2.37. The molecule has 0 spiro atoms. The minimum absolute atomic E-state index is 0.0526. The summed E-state index contributed by atoms with van der Waals surface area (Å²) >= 11 is 0. The lowest BCUT2D eigenvalue weighted by atomic mass is 9.81. The van der Waals surface area contributed by atoms with Crippen LogP contribution in [0.2, 0.25) is 0 Å². The lowest BCUT2D eigenvalue weighted by Gasteiger charge is -2.24. The molecule has 0 amide bonds. The van der Waals surface area contributed by atoms with Crippen LogP contribution in [0.1, 0.15) is 25.0 Å². The quantitative estimate of drug-likeness (QED) is 0.190. The van der Waals surface area contributed by atoms with Crippen molar-refractivity contribution >= 4 is 43.5 Å². The van der Waals surface area contributed by atoms with Crippen molar-refractivity contribution in [1.29, 1.82) is 0 Å². The van der Waals surface area contributed by atoms with Crippen LogP contribution < -0.4 is 4.74 Å². The van der Waals surface area contributed by atoms with Crippen LogP contribution in [0.3, 0.4) is 0 Å². The molecule has 0 bridgehead atoms. The predicted molar refractivity (Wildman–Crippen MR) is 203 cm³/mol. The zero-order chi connectivity index (χ0) is 32.4. The van der Waals surface area contributed by atoms with Gasteiger partial charge in [-0.2, -0.15) is 0 Å². The molecule has 0 fully saturated rings. The molecule has 0 saturated carbocycles. The Morgan fingerprint density at radius 1 is 0.429 bits per heavy atom. The fourth-order valence-electron chi connectivity index (χ4n) is 8.77. The minimum Gasteiger partial charge on any atom is -0.456 e. The molecule has 2 nitrogen and oxygen atoms in total. The molecule has 0 N–H and O–H groups in total. The Kier molecular flexibility index (Phi) is 5.21. The van der Waals surface area contributed by atoms with Crippen molar-refractivity contribution < 1.29 is 9.15 Å². The van der Waals surface area contributed by atoms with Gasteiger partial charge in [-0.25, -0.2) is 0 Å². The molecular formula is C47H30O2. The first-order valence-electron chi connectivity index (χ1n) is 17.0. The zero-order valence-electron chi connectivity index (χ0n) is 27.2. The molecule has 8 aromatic carbocycles. The molecule has 2 aliphatic rings. The zero-order valence-corrected chi connectivity index (χ0v) is 27.2. The van der Waals surface area contributed by atoms with Crippen molar-refractivity contribution in [2.24, 2.45) is 0 Å². The highest BCUT2D eigenvalue weighted by atomic mass is 16.5. The highest BCUT2D eigenvalue weighted by Crippen LogP contribution is 2.55. The fraction of sp³-hybridized carbons (Fsp3) is 0.0638. The number of hydrogen-bond donors (Lipinski definition) is 0. The van der Waals surface area contributed by atoms with E-state index in [9.17, 15) is 0 Å². The van der Waals surface area contributed by atoms with E-state index in [2.05, 4.69) is 159 Å². The number of fused-ring (bicyclic) bond motifs is 9. The third-order valence-electron chi connectivity index (χ3n) is 11.1. The fourth-order valence-corrected chi connectivity index (χ4v) is 8.77. The number of rotatable bonds is 2. The van der Waals surface area contributed by atoms with Gasteiger partial charge in [-0.05, 0) is 103 Å². The van der Waals surface area contributed by atoms with Crippen LogP contribution >= 0.6 is 0 Å². The molecule has 2 heterocycles. The molecule has 49 heavy (non-hydrogen) atoms. The van der Waals surface area contributed by atoms with Crippen LogP contribution in [-0.4, -0.2) is 0 Å². The Morgan fingerprint density at radius 3 is 2.06 bits per heavy atom. The van der Waals surface area contributed by atoms with Gasteiger partial charge in [0.25, 0.3) is 0 Å². The Balaban J connectivity index is 1.12. The van der Waals surface area contributed by atoms with Gasteiger partial charge in [-0.15, -0.1) is 0 Å². The number of ether oxygens (including phenoxy) is 1. The second-order valence-electron chi connectivity index (χ2n) is 14.0. The van der Waals surface area contributed by atoms with Gasteiger partial charge in [0.05, 0.1) is 0 Å². The Hall–Kier alpha value is -6.12. The summed E-state index contributed by atoms with van der Waals surface area (Å²) in [7, 11) is 0. The molecule has 0 atom stereocenters. The van der Waals surface area contributed by atoms with Crippen molar-refractivity contribution in [2.75, 3.05) is 0 Å². The summed E-state index contributed by atoms with van der Waals surface area (Å²) in [6.45, 7) is 4.69. The van der Waals surface area contributed by atoms with Crippen molar-refractivity contribution in [3.8, 4) is 56.0 Å². The monoisotopic (exact) mass is 626 g/mol. The van der Waals surface area contributed by atoms with Gasteiger partial charge in [-0.3, -0.25) is 0 Å². The Labute approximate surface area is 283 Å². The van der Waals surface area contributed by atoms with E-state index < -0.39 is 0 Å². The van der Waals surface area contributed by atoms with E-state index in [1.54, 1.807) is 0 Å². The van der Waals surface area contributed by atoms with Gasteiger partial charge >= 0.3 is 0 Å². The summed E-state index contributed by atoms with van der Waals surface area (Å²) in [5.74, 6) is 1.78. The Bertz CT molecular complexity index is 2880. The third kappa shape index (κ3) is 3.61. The van der Waals surface area contributed by atoms with Crippen molar-refractivity contribution in [2.45, 2.75) is 19.3 Å². The number of furan rings is 1. The summed E-state index contributed by atoms with van der Waals surface area (Å²) in [5, 5.41) is 7.03. The lowest BCUT2D eigenvalue weighted by Crippen LogP contribution is -2.14. The maximum atomic E-state index is 6.69. The van der Waals surface area contributed by atoms with E-state index in [0.717, 1.165) is 55.5 Å². The summed E-state index contributed by atoms with van der Waals surface area (Å²) in [6, 6.07) is 52.7. The van der Waals surface area contributed by atoms with Crippen LogP contribution in [0.4, 0.5) is 0 Å². The normalized spacial score (nSPS) is 13.8. The SMILES string of the molecule is CC1(C)c2ccccc2-c2c(-c3ccc4c5c(cccc35)-c3cc(-c5cccc6oc7cc8ccccc8cc7c56)ccc3O4)cccc21. The predicted octanol–water partition coefficient (Wildman–Crippen LogP) is 13.3. The van der Waals surface area contributed by atoms with E-state index in [-0.39, 0.29) is 5.41 Å². The van der Waals surface area contributed by atoms with Crippen LogP contribution in [0.15, 0.2) is 150 Å². The van der Waals surface area contributed by atoms with Crippen LogP contribution in [0.25, 0.3) is 88.0 Å². The highest BCUT2D eigenvalue weighted by molar-refractivity contribution is 6.16. The van der Waals surface area contributed by atoms with Gasteiger partial charge in [0, 0.05) is 27.1 Å². The topological polar surface area (TPSA) is 22.4 Å². The van der Waals surface area contributed by atoms with Gasteiger partial charge in [-0.1, -0.05) is 123 Å². The Morgan fingerprint density at radius 2 is 1.14 bits per heavy atom. The number of benzene rings is 8. The third-order valence-corrected chi connectivity index (χ3v) is 11.1. The van der Waals surface area contributed by atoms with Crippen molar-refractivity contribution in [3.05, 3.63) is 157 Å². The maximum Gasteiger partial charge on any atom is 0.136 e. The summed E-state index contributed by atoms with van der Waals surface area (Å²) in [4.78, 5) is 0. The van der Waals surface area contributed by atoms with E-state index in [0.29, 0.717) is 0 Å². The molecule has 1 aromatic heterocycles.